The fourth-order valence-corrected chi connectivity index (χ4v) is 5.50. The van der Waals surface area contributed by atoms with Crippen molar-refractivity contribution in [3.8, 4) is 0 Å². The Kier molecular flexibility index (Phi) is 33.1. The second-order valence-electron chi connectivity index (χ2n) is 13.9. The van der Waals surface area contributed by atoms with Crippen LogP contribution in [0.2, 0.25) is 0 Å². The topological polar surface area (TPSA) is 91.3 Å². The van der Waals surface area contributed by atoms with Gasteiger partial charge < -0.3 is 18.9 Å². The van der Waals surface area contributed by atoms with Gasteiger partial charge >= 0.3 is 13.8 Å². The zero-order chi connectivity index (χ0) is 37.0. The van der Waals surface area contributed by atoms with Gasteiger partial charge in [0.2, 0.25) is 0 Å². The molecule has 0 aromatic heterocycles. The molecule has 0 heterocycles. The van der Waals surface area contributed by atoms with Crippen LogP contribution in [0.5, 0.6) is 0 Å². The largest absolute Gasteiger partial charge is 0.472 e. The Balaban J connectivity index is 4.38. The predicted octanol–water partition coefficient (Wildman–Crippen LogP) is 11.0. The number of ether oxygens (including phenoxy) is 2. The molecule has 0 aliphatic carbocycles. The second-order valence-corrected chi connectivity index (χ2v) is 15.4. The summed E-state index contributed by atoms with van der Waals surface area (Å²) < 4.78 is 34.8. The number of unbranched alkanes of at least 4 members (excludes halogenated alkanes) is 11. The molecule has 0 rings (SSSR count). The van der Waals surface area contributed by atoms with Gasteiger partial charge in [-0.05, 0) is 70.6 Å². The third-order valence-electron chi connectivity index (χ3n) is 7.81. The molecule has 0 amide bonds. The van der Waals surface area contributed by atoms with Crippen molar-refractivity contribution in [3.05, 3.63) is 60.8 Å². The number of esters is 1. The Morgan fingerprint density at radius 2 is 1.16 bits per heavy atom. The van der Waals surface area contributed by atoms with E-state index >= 15 is 0 Å². The molecule has 2 unspecified atom stereocenters. The number of nitrogens with zero attached hydrogens (tertiary/aromatic N) is 1. The van der Waals surface area contributed by atoms with E-state index in [-0.39, 0.29) is 25.8 Å². The summed E-state index contributed by atoms with van der Waals surface area (Å²) in [5, 5.41) is 0. The molecule has 8 nitrogen and oxygen atoms in total. The third-order valence-corrected chi connectivity index (χ3v) is 8.80. The number of hydrogen-bond donors (Lipinski definition) is 1. The summed E-state index contributed by atoms with van der Waals surface area (Å²) in [5.74, 6) is -0.340. The number of hydrogen-bond acceptors (Lipinski definition) is 6. The average Bonchev–Trinajstić information content (AvgIpc) is 3.06. The number of likely N-dealkylation sites (N-methyl/N-ethyl adjacent to an activating group) is 1. The van der Waals surface area contributed by atoms with Crippen molar-refractivity contribution in [1.82, 2.24) is 0 Å². The van der Waals surface area contributed by atoms with Crippen molar-refractivity contribution in [2.45, 2.75) is 142 Å². The van der Waals surface area contributed by atoms with Crippen molar-refractivity contribution in [2.24, 2.45) is 0 Å². The highest BCUT2D eigenvalue weighted by Gasteiger charge is 2.26. The number of allylic oxidation sites excluding steroid dienone is 10. The number of rotatable bonds is 35. The molecule has 2 atom stereocenters. The molecule has 0 aliphatic heterocycles. The molecule has 50 heavy (non-hydrogen) atoms. The highest BCUT2D eigenvalue weighted by molar-refractivity contribution is 7.47. The van der Waals surface area contributed by atoms with Gasteiger partial charge in [-0.25, -0.2) is 4.57 Å². The van der Waals surface area contributed by atoms with E-state index in [2.05, 4.69) is 74.6 Å². The zero-order valence-corrected chi connectivity index (χ0v) is 33.5. The SMILES string of the molecule is CC/C=C\C/C=C\C/C=C\CCCCCCOCC(COP(=O)(O)OCC[N+](C)(C)C)OC(=O)CCCCCCC/C=C\C/C=C\CCCC. The Morgan fingerprint density at radius 1 is 0.640 bits per heavy atom. The van der Waals surface area contributed by atoms with Gasteiger partial charge in [-0.1, -0.05) is 120 Å². The maximum absolute atomic E-state index is 12.6. The van der Waals surface area contributed by atoms with Crippen LogP contribution >= 0.6 is 7.82 Å². The van der Waals surface area contributed by atoms with Crippen LogP contribution in [-0.2, 0) is 27.9 Å². The highest BCUT2D eigenvalue weighted by atomic mass is 31.2. The van der Waals surface area contributed by atoms with Gasteiger partial charge in [0.15, 0.2) is 0 Å². The maximum Gasteiger partial charge on any atom is 0.472 e. The van der Waals surface area contributed by atoms with Gasteiger partial charge in [-0.2, -0.15) is 0 Å². The van der Waals surface area contributed by atoms with Crippen LogP contribution in [0.4, 0.5) is 0 Å². The first kappa shape index (κ1) is 48.2. The molecule has 0 aromatic carbocycles. The van der Waals surface area contributed by atoms with E-state index in [9.17, 15) is 14.3 Å². The summed E-state index contributed by atoms with van der Waals surface area (Å²) in [5.41, 5.74) is 0. The van der Waals surface area contributed by atoms with Crippen LogP contribution in [-0.4, -0.2) is 75.6 Å². The Morgan fingerprint density at radius 3 is 1.74 bits per heavy atom. The summed E-state index contributed by atoms with van der Waals surface area (Å²) in [6, 6.07) is 0. The van der Waals surface area contributed by atoms with Gasteiger partial charge in [0.1, 0.15) is 19.3 Å². The molecule has 290 valence electrons. The van der Waals surface area contributed by atoms with Gasteiger partial charge in [-0.15, -0.1) is 0 Å². The second kappa shape index (κ2) is 34.3. The minimum absolute atomic E-state index is 0.0781. The smallest absolute Gasteiger partial charge is 0.457 e. The molecule has 9 heteroatoms. The van der Waals surface area contributed by atoms with Crippen molar-refractivity contribution in [1.29, 1.82) is 0 Å². The summed E-state index contributed by atoms with van der Waals surface area (Å²) in [7, 11) is 1.63. The first-order valence-corrected chi connectivity index (χ1v) is 21.0. The lowest BCUT2D eigenvalue weighted by atomic mass is 10.1. The predicted molar refractivity (Wildman–Crippen MR) is 210 cm³/mol. The quantitative estimate of drug-likeness (QED) is 0.0229. The van der Waals surface area contributed by atoms with E-state index in [0.29, 0.717) is 24.1 Å². The molecule has 0 bridgehead atoms. The highest BCUT2D eigenvalue weighted by Crippen LogP contribution is 2.43. The van der Waals surface area contributed by atoms with Gasteiger partial charge in [0.05, 0.1) is 34.4 Å². The summed E-state index contributed by atoms with van der Waals surface area (Å²) in [4.78, 5) is 22.8. The zero-order valence-electron chi connectivity index (χ0n) is 32.6. The lowest BCUT2D eigenvalue weighted by molar-refractivity contribution is -0.870. The molecule has 0 aromatic rings. The number of phosphoric ester groups is 1. The molecular weight excluding hydrogens is 649 g/mol. The molecule has 0 saturated carbocycles. The van der Waals surface area contributed by atoms with Crippen LogP contribution in [0.1, 0.15) is 136 Å². The molecule has 0 saturated heterocycles. The van der Waals surface area contributed by atoms with Gasteiger partial charge in [0, 0.05) is 13.0 Å². The van der Waals surface area contributed by atoms with E-state index < -0.39 is 13.9 Å². The molecule has 1 N–H and O–H groups in total. The van der Waals surface area contributed by atoms with E-state index in [0.717, 1.165) is 96.3 Å². The first-order valence-electron chi connectivity index (χ1n) is 19.5. The van der Waals surface area contributed by atoms with Crippen LogP contribution < -0.4 is 0 Å². The minimum atomic E-state index is -4.28. The molecule has 0 aliphatic rings. The lowest BCUT2D eigenvalue weighted by Crippen LogP contribution is -2.37. The third kappa shape index (κ3) is 37.5. The van der Waals surface area contributed by atoms with E-state index in [1.807, 2.05) is 21.1 Å². The van der Waals surface area contributed by atoms with Gasteiger partial charge in [0.25, 0.3) is 0 Å². The monoisotopic (exact) mass is 725 g/mol. The Bertz CT molecular complexity index is 984. The summed E-state index contributed by atoms with van der Waals surface area (Å²) in [6.07, 6.45) is 41.1. The van der Waals surface area contributed by atoms with Crippen molar-refractivity contribution in [3.63, 3.8) is 0 Å². The minimum Gasteiger partial charge on any atom is -0.457 e. The van der Waals surface area contributed by atoms with Crippen LogP contribution in [0, 0.1) is 0 Å². The standard InChI is InChI=1S/C41H74NO7P/c1-6-8-10-12-14-16-18-20-22-24-26-28-30-32-34-41(43)49-40(39-48-50(44,45)47-37-35-42(3,4)5)38-46-36-33-31-29-27-25-23-21-19-17-15-13-11-9-7-2/h9,11-12,14-15,17-18,20-21,23,40H,6-8,10,13,16,19,22,24-39H2,1-5H3/p+1/b11-9-,14-12-,17-15-,20-18-,23-21-. The maximum atomic E-state index is 12.6. The first-order chi connectivity index (χ1) is 24.1. The molecular formula is C41H75NO7P+. The van der Waals surface area contributed by atoms with Crippen molar-refractivity contribution >= 4 is 13.8 Å². The van der Waals surface area contributed by atoms with E-state index in [1.165, 1.54) is 19.3 Å². The fourth-order valence-electron chi connectivity index (χ4n) is 4.76. The molecule has 0 spiro atoms. The number of carbonyl (C=O) groups excluding carboxylic acids is 1. The normalized spacial score (nSPS) is 14.6. The lowest BCUT2D eigenvalue weighted by Gasteiger charge is -2.24. The van der Waals surface area contributed by atoms with Crippen molar-refractivity contribution in [2.75, 3.05) is 54.1 Å². The number of quaternary nitrogens is 1. The van der Waals surface area contributed by atoms with E-state index in [4.69, 9.17) is 18.5 Å². The number of carbonyl (C=O) groups is 1. The van der Waals surface area contributed by atoms with E-state index in [1.54, 1.807) is 0 Å². The molecule has 0 radical (unpaired) electrons. The molecule has 0 fully saturated rings. The van der Waals surface area contributed by atoms with Crippen molar-refractivity contribution < 1.29 is 37.3 Å². The average molecular weight is 725 g/mol. The Hall–Kier alpha value is -1.80. The summed E-state index contributed by atoms with van der Waals surface area (Å²) in [6.45, 7) is 5.37. The fraction of sp³-hybridized carbons (Fsp3) is 0.732. The van der Waals surface area contributed by atoms with Gasteiger partial charge in [-0.3, -0.25) is 13.8 Å². The number of phosphoric acid groups is 1. The van der Waals surface area contributed by atoms with Crippen LogP contribution in [0.15, 0.2) is 60.8 Å². The van der Waals surface area contributed by atoms with Crippen LogP contribution in [0.25, 0.3) is 0 Å². The summed E-state index contributed by atoms with van der Waals surface area (Å²) >= 11 is 0. The van der Waals surface area contributed by atoms with Crippen LogP contribution in [0.3, 0.4) is 0 Å². The Labute approximate surface area is 307 Å².